The third kappa shape index (κ3) is 4.71. The van der Waals surface area contributed by atoms with E-state index in [1.807, 2.05) is 18.2 Å². The average molecular weight is 293 g/mol. The number of hydrogen-bond donors (Lipinski definition) is 0. The van der Waals surface area contributed by atoms with Crippen molar-refractivity contribution in [3.05, 3.63) is 54.4 Å². The highest BCUT2D eigenvalue weighted by molar-refractivity contribution is 5.56. The summed E-state index contributed by atoms with van der Waals surface area (Å²) in [4.78, 5) is 8.58. The van der Waals surface area contributed by atoms with Crippen molar-refractivity contribution in [2.24, 2.45) is 0 Å². The number of nitriles is 1. The molecule has 0 amide bonds. The van der Waals surface area contributed by atoms with Gasteiger partial charge in [-0.15, -0.1) is 0 Å². The molecule has 112 valence electrons. The first kappa shape index (κ1) is 15.7. The number of hydrogen-bond acceptors (Lipinski definition) is 4. The third-order valence-electron chi connectivity index (χ3n) is 3.14. The number of rotatable bonds is 7. The van der Waals surface area contributed by atoms with E-state index in [2.05, 4.69) is 29.0 Å². The summed E-state index contributed by atoms with van der Waals surface area (Å²) >= 11 is 0. The zero-order valence-corrected chi connectivity index (χ0v) is 12.7. The van der Waals surface area contributed by atoms with Crippen molar-refractivity contribution in [2.75, 3.05) is 6.61 Å². The second-order valence-corrected chi connectivity index (χ2v) is 4.86. The molecule has 0 radical (unpaired) electrons. The topological polar surface area (TPSA) is 58.8 Å². The van der Waals surface area contributed by atoms with Gasteiger partial charge in [-0.3, -0.25) is 0 Å². The number of nitrogens with zero attached hydrogens (tertiary/aromatic N) is 3. The van der Waals surface area contributed by atoms with Gasteiger partial charge in [-0.05, 0) is 30.7 Å². The third-order valence-corrected chi connectivity index (χ3v) is 3.14. The Morgan fingerprint density at radius 2 is 1.86 bits per heavy atom. The molecule has 2 rings (SSSR count). The van der Waals surface area contributed by atoms with Crippen LogP contribution in [0.25, 0.3) is 11.4 Å². The molecule has 22 heavy (non-hydrogen) atoms. The van der Waals surface area contributed by atoms with Crippen LogP contribution >= 0.6 is 0 Å². The second kappa shape index (κ2) is 8.58. The molecule has 2 aromatic rings. The first-order valence-corrected chi connectivity index (χ1v) is 7.44. The summed E-state index contributed by atoms with van der Waals surface area (Å²) in [7, 11) is 0. The van der Waals surface area contributed by atoms with Crippen LogP contribution in [0.4, 0.5) is 0 Å². The zero-order valence-electron chi connectivity index (χ0n) is 12.7. The highest BCUT2D eigenvalue weighted by Crippen LogP contribution is 2.17. The molecule has 0 saturated carbocycles. The predicted octanol–water partition coefficient (Wildman–Crippen LogP) is 4.14. The van der Waals surface area contributed by atoms with Crippen LogP contribution < -0.4 is 4.74 Å². The normalized spacial score (nSPS) is 10.5. The van der Waals surface area contributed by atoms with E-state index in [0.29, 0.717) is 23.7 Å². The lowest BCUT2D eigenvalue weighted by molar-refractivity contribution is 0.359. The molecule has 1 aromatic carbocycles. The molecule has 0 saturated heterocycles. The lowest BCUT2D eigenvalue weighted by atomic mass is 10.1. The zero-order chi connectivity index (χ0) is 15.6. The summed E-state index contributed by atoms with van der Waals surface area (Å²) in [5, 5.41) is 8.78. The fourth-order valence-electron chi connectivity index (χ4n) is 1.89. The molecular formula is C18H19N3O. The van der Waals surface area contributed by atoms with Gasteiger partial charge >= 0.3 is 0 Å². The second-order valence-electron chi connectivity index (χ2n) is 4.86. The van der Waals surface area contributed by atoms with E-state index in [1.54, 1.807) is 24.5 Å². The Morgan fingerprint density at radius 1 is 1.14 bits per heavy atom. The molecular weight excluding hydrogens is 274 g/mol. The maximum atomic E-state index is 8.78. The Bertz CT molecular complexity index is 640. The van der Waals surface area contributed by atoms with Crippen molar-refractivity contribution >= 4 is 0 Å². The van der Waals surface area contributed by atoms with Crippen LogP contribution in [-0.4, -0.2) is 16.6 Å². The monoisotopic (exact) mass is 293 g/mol. The molecule has 0 aliphatic rings. The van der Waals surface area contributed by atoms with E-state index in [0.717, 1.165) is 12.0 Å². The fraction of sp³-hybridized carbons (Fsp3) is 0.278. The first-order valence-electron chi connectivity index (χ1n) is 7.44. The molecule has 0 aliphatic carbocycles. The largest absolute Gasteiger partial charge is 0.486 e. The van der Waals surface area contributed by atoms with Gasteiger partial charge in [0.25, 0.3) is 0 Å². The van der Waals surface area contributed by atoms with Crippen LogP contribution in [0, 0.1) is 11.3 Å². The number of aromatic nitrogens is 2. The van der Waals surface area contributed by atoms with Gasteiger partial charge in [-0.25, -0.2) is 9.97 Å². The van der Waals surface area contributed by atoms with Gasteiger partial charge < -0.3 is 4.74 Å². The standard InChI is InChI=1S/C18H19N3O/c1-2-3-4-5-6-11-22-17-13-20-18(21-14-17)16-9-7-15(12-19)8-10-16/h5-10,13-14H,2-4,11H2,1H3. The summed E-state index contributed by atoms with van der Waals surface area (Å²) in [6.07, 6.45) is 11.0. The SMILES string of the molecule is CCCCC=CCOc1cnc(-c2ccc(C#N)cc2)nc1. The number of allylic oxidation sites excluding steroid dienone is 1. The van der Waals surface area contributed by atoms with Crippen LogP contribution in [0.3, 0.4) is 0 Å². The maximum absolute atomic E-state index is 8.78. The van der Waals surface area contributed by atoms with Crippen LogP contribution in [-0.2, 0) is 0 Å². The Hall–Kier alpha value is -2.67. The summed E-state index contributed by atoms with van der Waals surface area (Å²) in [6, 6.07) is 9.27. The van der Waals surface area contributed by atoms with Gasteiger partial charge in [0.05, 0.1) is 24.0 Å². The van der Waals surface area contributed by atoms with E-state index >= 15 is 0 Å². The van der Waals surface area contributed by atoms with E-state index in [1.165, 1.54) is 12.8 Å². The molecule has 0 spiro atoms. The van der Waals surface area contributed by atoms with Gasteiger partial charge in [-0.2, -0.15) is 5.26 Å². The van der Waals surface area contributed by atoms with Crippen molar-refractivity contribution < 1.29 is 4.74 Å². The molecule has 0 aliphatic heterocycles. The summed E-state index contributed by atoms with van der Waals surface area (Å²) in [5.41, 5.74) is 1.50. The lowest BCUT2D eigenvalue weighted by Gasteiger charge is -2.04. The van der Waals surface area contributed by atoms with Crippen molar-refractivity contribution in [1.82, 2.24) is 9.97 Å². The van der Waals surface area contributed by atoms with Crippen LogP contribution in [0.2, 0.25) is 0 Å². The van der Waals surface area contributed by atoms with Crippen molar-refractivity contribution in [2.45, 2.75) is 26.2 Å². The van der Waals surface area contributed by atoms with Gasteiger partial charge in [0.2, 0.25) is 0 Å². The van der Waals surface area contributed by atoms with Crippen molar-refractivity contribution in [1.29, 1.82) is 5.26 Å². The van der Waals surface area contributed by atoms with Crippen molar-refractivity contribution in [3.8, 4) is 23.2 Å². The summed E-state index contributed by atoms with van der Waals surface area (Å²) in [6.45, 7) is 2.71. The first-order chi connectivity index (χ1) is 10.8. The van der Waals surface area contributed by atoms with E-state index in [9.17, 15) is 0 Å². The highest BCUT2D eigenvalue weighted by atomic mass is 16.5. The van der Waals surface area contributed by atoms with Crippen LogP contribution in [0.5, 0.6) is 5.75 Å². The average Bonchev–Trinajstić information content (AvgIpc) is 2.59. The van der Waals surface area contributed by atoms with Crippen LogP contribution in [0.15, 0.2) is 48.8 Å². The lowest BCUT2D eigenvalue weighted by Crippen LogP contribution is -1.96. The Labute approximate surface area is 131 Å². The number of benzene rings is 1. The highest BCUT2D eigenvalue weighted by Gasteiger charge is 2.02. The van der Waals surface area contributed by atoms with E-state index in [-0.39, 0.29) is 0 Å². The summed E-state index contributed by atoms with van der Waals surface area (Å²) in [5.74, 6) is 1.27. The minimum atomic E-state index is 0.531. The molecule has 4 nitrogen and oxygen atoms in total. The molecule has 0 unspecified atom stereocenters. The maximum Gasteiger partial charge on any atom is 0.159 e. The molecule has 1 heterocycles. The summed E-state index contributed by atoms with van der Waals surface area (Å²) < 4.78 is 5.56. The van der Waals surface area contributed by atoms with Gasteiger partial charge in [0.15, 0.2) is 11.6 Å². The molecule has 0 N–H and O–H groups in total. The molecule has 0 bridgehead atoms. The molecule has 0 atom stereocenters. The smallest absolute Gasteiger partial charge is 0.159 e. The number of ether oxygens (including phenoxy) is 1. The quantitative estimate of drug-likeness (QED) is 0.568. The molecule has 4 heteroatoms. The van der Waals surface area contributed by atoms with Gasteiger partial charge in [0.1, 0.15) is 6.61 Å². The fourth-order valence-corrected chi connectivity index (χ4v) is 1.89. The Morgan fingerprint density at radius 3 is 2.50 bits per heavy atom. The Balaban J connectivity index is 1.89. The number of unbranched alkanes of at least 4 members (excludes halogenated alkanes) is 2. The minimum Gasteiger partial charge on any atom is -0.486 e. The van der Waals surface area contributed by atoms with Crippen molar-refractivity contribution in [3.63, 3.8) is 0 Å². The molecule has 1 aromatic heterocycles. The molecule has 0 fully saturated rings. The minimum absolute atomic E-state index is 0.531. The van der Waals surface area contributed by atoms with Gasteiger partial charge in [-0.1, -0.05) is 31.9 Å². The predicted molar refractivity (Wildman–Crippen MR) is 86.3 cm³/mol. The van der Waals surface area contributed by atoms with E-state index in [4.69, 9.17) is 10.00 Å². The van der Waals surface area contributed by atoms with Crippen LogP contribution in [0.1, 0.15) is 31.7 Å². The Kier molecular flexibility index (Phi) is 6.13. The van der Waals surface area contributed by atoms with Gasteiger partial charge in [0, 0.05) is 5.56 Å². The van der Waals surface area contributed by atoms with E-state index < -0.39 is 0 Å².